The van der Waals surface area contributed by atoms with E-state index >= 15 is 0 Å². The van der Waals surface area contributed by atoms with Crippen molar-refractivity contribution in [1.29, 1.82) is 0 Å². The minimum Gasteiger partial charge on any atom is -0.454 e. The second-order valence-electron chi connectivity index (χ2n) is 9.28. The molecule has 0 N–H and O–H groups in total. The van der Waals surface area contributed by atoms with Gasteiger partial charge < -0.3 is 9.64 Å². The predicted molar refractivity (Wildman–Crippen MR) is 125 cm³/mol. The maximum atomic E-state index is 13.2. The van der Waals surface area contributed by atoms with Crippen LogP contribution in [0.3, 0.4) is 0 Å². The molecule has 162 valence electrons. The first-order chi connectivity index (χ1) is 15.6. The van der Waals surface area contributed by atoms with Crippen LogP contribution in [0, 0.1) is 11.8 Å². The van der Waals surface area contributed by atoms with Crippen molar-refractivity contribution in [3.05, 3.63) is 88.0 Å². The van der Waals surface area contributed by atoms with Gasteiger partial charge in [-0.05, 0) is 66.1 Å². The normalized spacial score (nSPS) is 26.5. The average Bonchev–Trinajstić information content (AvgIpc) is 3.47. The first kappa shape index (κ1) is 19.8. The van der Waals surface area contributed by atoms with Crippen LogP contribution in [0.1, 0.15) is 56.5 Å². The number of Topliss-reactive ketones (excluding diaryl/α,β-unsaturated/α-hetero) is 1. The van der Waals surface area contributed by atoms with Crippen LogP contribution in [0.5, 0.6) is 0 Å². The minimum absolute atomic E-state index is 0.234. The number of fused-ring (bicyclic) bond motifs is 4. The smallest absolute Gasteiger partial charge is 0.338 e. The highest BCUT2D eigenvalue weighted by Gasteiger charge is 2.44. The van der Waals surface area contributed by atoms with E-state index < -0.39 is 5.97 Å². The number of halogens is 1. The number of ether oxygens (including phenoxy) is 1. The Bertz CT molecular complexity index is 1160. The van der Waals surface area contributed by atoms with Crippen molar-refractivity contribution >= 4 is 29.0 Å². The standard InChI is InChI=1S/C27H24ClNO3/c28-19-9-7-16(8-10-19)24(30)15-32-27(31)23-12-11-22-20-5-1-3-17(20)13-29-14-18-4-2-6-21(18)25(23)26(22)29/h1-2,5-12,17-18,20-21H,3-4,13-15H2/t17-,18+,20+,21+/m1/s1. The highest BCUT2D eigenvalue weighted by molar-refractivity contribution is 6.30. The van der Waals surface area contributed by atoms with Crippen LogP contribution in [0.15, 0.2) is 60.7 Å². The number of carbonyl (C=O) groups is 2. The second kappa shape index (κ2) is 7.63. The van der Waals surface area contributed by atoms with E-state index in [-0.39, 0.29) is 18.3 Å². The van der Waals surface area contributed by atoms with Crippen LogP contribution in [0.2, 0.25) is 5.02 Å². The van der Waals surface area contributed by atoms with Gasteiger partial charge in [0.15, 0.2) is 12.4 Å². The molecule has 4 atom stereocenters. The minimum atomic E-state index is -0.421. The summed E-state index contributed by atoms with van der Waals surface area (Å²) in [6.45, 7) is 1.79. The third-order valence-corrected chi connectivity index (χ3v) is 7.72. The summed E-state index contributed by atoms with van der Waals surface area (Å²) in [6, 6.07) is 10.7. The van der Waals surface area contributed by atoms with Gasteiger partial charge in [-0.1, -0.05) is 42.0 Å². The lowest BCUT2D eigenvalue weighted by molar-refractivity contribution is 0.0473. The molecule has 0 bridgehead atoms. The van der Waals surface area contributed by atoms with Crippen LogP contribution in [-0.4, -0.2) is 31.4 Å². The van der Waals surface area contributed by atoms with Crippen LogP contribution in [-0.2, 0) is 4.74 Å². The van der Waals surface area contributed by atoms with Gasteiger partial charge in [0, 0.05) is 41.2 Å². The Morgan fingerprint density at radius 2 is 1.62 bits per heavy atom. The molecule has 32 heavy (non-hydrogen) atoms. The molecule has 0 amide bonds. The van der Waals surface area contributed by atoms with E-state index in [1.165, 1.54) is 11.3 Å². The van der Waals surface area contributed by atoms with Gasteiger partial charge in [0.1, 0.15) is 0 Å². The Morgan fingerprint density at radius 1 is 0.938 bits per heavy atom. The second-order valence-corrected chi connectivity index (χ2v) is 9.71. The Morgan fingerprint density at radius 3 is 2.38 bits per heavy atom. The number of benzene rings is 2. The molecule has 0 aromatic heterocycles. The van der Waals surface area contributed by atoms with E-state index in [1.807, 2.05) is 6.07 Å². The van der Waals surface area contributed by atoms with E-state index in [0.717, 1.165) is 31.5 Å². The number of hydrogen-bond donors (Lipinski definition) is 0. The lowest BCUT2D eigenvalue weighted by Crippen LogP contribution is -2.44. The molecule has 2 aliphatic heterocycles. The van der Waals surface area contributed by atoms with Crippen LogP contribution in [0.4, 0.5) is 5.69 Å². The quantitative estimate of drug-likeness (QED) is 0.352. The van der Waals surface area contributed by atoms with E-state index in [4.69, 9.17) is 16.3 Å². The molecule has 0 radical (unpaired) electrons. The molecule has 2 aromatic carbocycles. The van der Waals surface area contributed by atoms with Gasteiger partial charge in [-0.2, -0.15) is 0 Å². The van der Waals surface area contributed by atoms with Gasteiger partial charge >= 0.3 is 5.97 Å². The molecule has 2 aliphatic carbocycles. The third-order valence-electron chi connectivity index (χ3n) is 7.47. The molecular formula is C27H24ClNO3. The summed E-state index contributed by atoms with van der Waals surface area (Å²) in [5.41, 5.74) is 4.73. The monoisotopic (exact) mass is 445 g/mol. The van der Waals surface area contributed by atoms with Crippen molar-refractivity contribution in [1.82, 2.24) is 0 Å². The summed E-state index contributed by atoms with van der Waals surface area (Å²) in [6.07, 6.45) is 11.3. The molecule has 2 aromatic rings. The Kier molecular flexibility index (Phi) is 4.72. The van der Waals surface area contributed by atoms with Crippen molar-refractivity contribution < 1.29 is 14.3 Å². The fourth-order valence-corrected chi connectivity index (χ4v) is 6.11. The number of anilines is 1. The SMILES string of the molecule is O=C(COC(=O)c1ccc2c3c1[C@H]1C=CC[C@H]1CN3C[C@H]1CC=C[C@H]21)c1ccc(Cl)cc1. The summed E-state index contributed by atoms with van der Waals surface area (Å²) in [7, 11) is 0. The summed E-state index contributed by atoms with van der Waals surface area (Å²) < 4.78 is 5.52. The molecule has 2 heterocycles. The molecule has 4 aliphatic rings. The number of nitrogens with zero attached hydrogens (tertiary/aromatic N) is 1. The molecule has 0 spiro atoms. The molecule has 0 fully saturated rings. The molecule has 5 heteroatoms. The van der Waals surface area contributed by atoms with Gasteiger partial charge in [-0.25, -0.2) is 4.79 Å². The largest absolute Gasteiger partial charge is 0.454 e. The summed E-state index contributed by atoms with van der Waals surface area (Å²) in [5, 5.41) is 0.565. The number of hydrogen-bond acceptors (Lipinski definition) is 4. The zero-order chi connectivity index (χ0) is 21.8. The van der Waals surface area contributed by atoms with Gasteiger partial charge in [0.25, 0.3) is 0 Å². The molecule has 0 saturated heterocycles. The number of carbonyl (C=O) groups excluding carboxylic acids is 2. The molecule has 6 rings (SSSR count). The molecule has 4 nitrogen and oxygen atoms in total. The fraction of sp³-hybridized carbons (Fsp3) is 0.333. The van der Waals surface area contributed by atoms with E-state index in [9.17, 15) is 9.59 Å². The Labute approximate surface area is 192 Å². The van der Waals surface area contributed by atoms with Crippen LogP contribution >= 0.6 is 11.6 Å². The Hall–Kier alpha value is -2.85. The highest BCUT2D eigenvalue weighted by atomic mass is 35.5. The third kappa shape index (κ3) is 3.12. The molecule has 0 saturated carbocycles. The summed E-state index contributed by atoms with van der Waals surface area (Å²) in [5.74, 6) is 1.12. The van der Waals surface area contributed by atoms with Crippen LogP contribution < -0.4 is 4.90 Å². The van der Waals surface area contributed by atoms with Crippen molar-refractivity contribution in [2.75, 3.05) is 24.6 Å². The topological polar surface area (TPSA) is 46.6 Å². The summed E-state index contributed by atoms with van der Waals surface area (Å²) >= 11 is 5.90. The predicted octanol–water partition coefficient (Wildman–Crippen LogP) is 5.53. The fourth-order valence-electron chi connectivity index (χ4n) is 5.99. The van der Waals surface area contributed by atoms with Gasteiger partial charge in [-0.3, -0.25) is 4.79 Å². The zero-order valence-electron chi connectivity index (χ0n) is 17.7. The van der Waals surface area contributed by atoms with Crippen molar-refractivity contribution in [2.45, 2.75) is 24.7 Å². The van der Waals surface area contributed by atoms with E-state index in [1.54, 1.807) is 24.3 Å². The zero-order valence-corrected chi connectivity index (χ0v) is 18.4. The van der Waals surface area contributed by atoms with E-state index in [2.05, 4.69) is 35.3 Å². The number of esters is 1. The van der Waals surface area contributed by atoms with E-state index in [0.29, 0.717) is 33.9 Å². The van der Waals surface area contributed by atoms with Crippen molar-refractivity contribution in [3.8, 4) is 0 Å². The summed E-state index contributed by atoms with van der Waals surface area (Å²) in [4.78, 5) is 28.2. The van der Waals surface area contributed by atoms with Crippen molar-refractivity contribution in [3.63, 3.8) is 0 Å². The lowest BCUT2D eigenvalue weighted by atomic mass is 9.73. The molecular weight excluding hydrogens is 422 g/mol. The van der Waals surface area contributed by atoms with Gasteiger partial charge in [0.2, 0.25) is 0 Å². The maximum Gasteiger partial charge on any atom is 0.338 e. The number of ketones is 1. The number of rotatable bonds is 4. The number of allylic oxidation sites excluding steroid dienone is 4. The maximum absolute atomic E-state index is 13.2. The first-order valence-corrected chi connectivity index (χ1v) is 11.7. The first-order valence-electron chi connectivity index (χ1n) is 11.3. The lowest BCUT2D eigenvalue weighted by Gasteiger charge is -2.46. The van der Waals surface area contributed by atoms with Crippen LogP contribution in [0.25, 0.3) is 0 Å². The van der Waals surface area contributed by atoms with Crippen molar-refractivity contribution in [2.24, 2.45) is 11.8 Å². The van der Waals surface area contributed by atoms with Gasteiger partial charge in [-0.15, -0.1) is 0 Å². The van der Waals surface area contributed by atoms with Gasteiger partial charge in [0.05, 0.1) is 5.56 Å². The average molecular weight is 446 g/mol. The molecule has 0 unspecified atom stereocenters. The highest BCUT2D eigenvalue weighted by Crippen LogP contribution is 2.53. The Balaban J connectivity index is 1.33.